The van der Waals surface area contributed by atoms with Crippen LogP contribution in [0.5, 0.6) is 0 Å². The molecule has 6 heavy (non-hydrogen) atoms. The second kappa shape index (κ2) is 1.21. The summed E-state index contributed by atoms with van der Waals surface area (Å²) in [5.74, 6) is 0. The summed E-state index contributed by atoms with van der Waals surface area (Å²) in [4.78, 5) is 0. The first-order chi connectivity index (χ1) is 2.80. The van der Waals surface area contributed by atoms with Crippen molar-refractivity contribution in [3.63, 3.8) is 0 Å². The third kappa shape index (κ3) is 0.420. The highest BCUT2D eigenvalue weighted by Crippen LogP contribution is 2.09. The van der Waals surface area contributed by atoms with Crippen molar-refractivity contribution in [1.29, 1.82) is 0 Å². The molecule has 1 heterocycles. The average molecular weight is 88.1 g/mol. The Morgan fingerprint density at radius 1 is 1.83 bits per heavy atom. The first-order valence-electron chi connectivity index (χ1n) is 2.10. The fourth-order valence-electron chi connectivity index (χ4n) is 0.375. The van der Waals surface area contributed by atoms with Crippen LogP contribution < -0.4 is 0 Å². The molecule has 2 nitrogen and oxygen atoms in total. The van der Waals surface area contributed by atoms with Crippen molar-refractivity contribution in [2.75, 3.05) is 6.61 Å². The van der Waals surface area contributed by atoms with Crippen molar-refractivity contribution in [3.05, 3.63) is 0 Å². The Morgan fingerprint density at radius 2 is 2.33 bits per heavy atom. The Morgan fingerprint density at radius 3 is 2.33 bits per heavy atom. The lowest BCUT2D eigenvalue weighted by Gasteiger charge is -2.28. The van der Waals surface area contributed by atoms with E-state index < -0.39 is 0 Å². The van der Waals surface area contributed by atoms with E-state index in [4.69, 9.17) is 9.84 Å². The molecule has 0 aromatic carbocycles. The van der Waals surface area contributed by atoms with Gasteiger partial charge in [-0.3, -0.25) is 0 Å². The summed E-state index contributed by atoms with van der Waals surface area (Å²) in [5.41, 5.74) is 0. The summed E-state index contributed by atoms with van der Waals surface area (Å²) in [5, 5.41) is 8.59. The summed E-state index contributed by atoms with van der Waals surface area (Å²) in [6.45, 7) is 2.38. The van der Waals surface area contributed by atoms with Crippen molar-refractivity contribution in [2.45, 2.75) is 19.1 Å². The van der Waals surface area contributed by atoms with Crippen LogP contribution >= 0.6 is 0 Å². The average Bonchev–Trinajstić information content (AvgIpc) is 1.61. The van der Waals surface area contributed by atoms with E-state index in [0.717, 1.165) is 0 Å². The van der Waals surface area contributed by atoms with E-state index in [1.165, 1.54) is 0 Å². The van der Waals surface area contributed by atoms with Crippen LogP contribution in [0.2, 0.25) is 0 Å². The molecule has 0 amide bonds. The van der Waals surface area contributed by atoms with Crippen LogP contribution in [0.3, 0.4) is 0 Å². The Kier molecular flexibility index (Phi) is 0.821. The van der Waals surface area contributed by atoms with Gasteiger partial charge in [0.25, 0.3) is 0 Å². The molecule has 0 aromatic rings. The predicted molar refractivity (Wildman–Crippen MR) is 21.4 cm³/mol. The fourth-order valence-corrected chi connectivity index (χ4v) is 0.375. The van der Waals surface area contributed by atoms with E-state index >= 15 is 0 Å². The van der Waals surface area contributed by atoms with E-state index in [9.17, 15) is 0 Å². The molecule has 2 heteroatoms. The normalized spacial score (nSPS) is 45.0. The van der Waals surface area contributed by atoms with Gasteiger partial charge < -0.3 is 9.84 Å². The molecule has 2 atom stereocenters. The summed E-state index contributed by atoms with van der Waals surface area (Å²) >= 11 is 0. The topological polar surface area (TPSA) is 29.5 Å². The van der Waals surface area contributed by atoms with Crippen LogP contribution in [0.15, 0.2) is 0 Å². The second-order valence-electron chi connectivity index (χ2n) is 1.61. The van der Waals surface area contributed by atoms with Crippen LogP contribution in [0, 0.1) is 0 Å². The van der Waals surface area contributed by atoms with Crippen LogP contribution in [-0.2, 0) is 4.74 Å². The van der Waals surface area contributed by atoms with Gasteiger partial charge in [-0.05, 0) is 6.92 Å². The smallest absolute Gasteiger partial charge is 0.103 e. The van der Waals surface area contributed by atoms with E-state index in [-0.39, 0.29) is 12.2 Å². The number of rotatable bonds is 0. The highest BCUT2D eigenvalue weighted by molar-refractivity contribution is 4.71. The maximum atomic E-state index is 8.59. The standard InChI is InChI=1S/C4H8O2/c1-3-4(5)2-6-3/h3-5H,2H2,1H3/t3?,4-/m0/s1. The molecule has 36 valence electrons. The van der Waals surface area contributed by atoms with Gasteiger partial charge in [-0.25, -0.2) is 0 Å². The number of hydrogen-bond donors (Lipinski definition) is 1. The number of hydrogen-bond acceptors (Lipinski definition) is 2. The van der Waals surface area contributed by atoms with E-state index in [1.54, 1.807) is 0 Å². The van der Waals surface area contributed by atoms with Crippen LogP contribution in [0.25, 0.3) is 0 Å². The number of aliphatic hydroxyl groups is 1. The minimum atomic E-state index is -0.190. The van der Waals surface area contributed by atoms with E-state index in [1.807, 2.05) is 6.92 Å². The van der Waals surface area contributed by atoms with Crippen LogP contribution in [-0.4, -0.2) is 23.9 Å². The molecule has 0 spiro atoms. The van der Waals surface area contributed by atoms with E-state index in [2.05, 4.69) is 0 Å². The molecular weight excluding hydrogens is 80.0 g/mol. The van der Waals surface area contributed by atoms with Gasteiger partial charge in [-0.1, -0.05) is 0 Å². The van der Waals surface area contributed by atoms with Gasteiger partial charge in [0.2, 0.25) is 0 Å². The molecule has 0 aliphatic carbocycles. The lowest BCUT2D eigenvalue weighted by atomic mass is 10.2. The van der Waals surface area contributed by atoms with Gasteiger partial charge in [0, 0.05) is 0 Å². The highest BCUT2D eigenvalue weighted by atomic mass is 16.5. The largest absolute Gasteiger partial charge is 0.388 e. The Labute approximate surface area is 36.7 Å². The van der Waals surface area contributed by atoms with Gasteiger partial charge in [0.05, 0.1) is 12.7 Å². The van der Waals surface area contributed by atoms with Gasteiger partial charge >= 0.3 is 0 Å². The molecule has 1 saturated heterocycles. The zero-order valence-electron chi connectivity index (χ0n) is 3.72. The van der Waals surface area contributed by atoms with Crippen molar-refractivity contribution >= 4 is 0 Å². The number of ether oxygens (including phenoxy) is 1. The van der Waals surface area contributed by atoms with Gasteiger partial charge in [-0.2, -0.15) is 0 Å². The molecule has 1 aliphatic rings. The molecule has 1 rings (SSSR count). The van der Waals surface area contributed by atoms with E-state index in [0.29, 0.717) is 6.61 Å². The fraction of sp³-hybridized carbons (Fsp3) is 1.00. The molecule has 1 aliphatic heterocycles. The van der Waals surface area contributed by atoms with Crippen molar-refractivity contribution in [2.24, 2.45) is 0 Å². The Balaban J connectivity index is 2.20. The first-order valence-corrected chi connectivity index (χ1v) is 2.10. The highest BCUT2D eigenvalue weighted by Gasteiger charge is 2.24. The summed E-state index contributed by atoms with van der Waals surface area (Å²) in [7, 11) is 0. The van der Waals surface area contributed by atoms with Gasteiger partial charge in [0.1, 0.15) is 6.10 Å². The Hall–Kier alpha value is -0.0800. The molecule has 0 radical (unpaired) electrons. The molecule has 1 N–H and O–H groups in total. The summed E-state index contributed by atoms with van der Waals surface area (Å²) in [6, 6.07) is 0. The number of aliphatic hydroxyl groups excluding tert-OH is 1. The minimum Gasteiger partial charge on any atom is -0.388 e. The maximum Gasteiger partial charge on any atom is 0.103 e. The van der Waals surface area contributed by atoms with Crippen molar-refractivity contribution in [1.82, 2.24) is 0 Å². The molecule has 0 bridgehead atoms. The second-order valence-corrected chi connectivity index (χ2v) is 1.61. The van der Waals surface area contributed by atoms with Gasteiger partial charge in [0.15, 0.2) is 0 Å². The quantitative estimate of drug-likeness (QED) is 0.443. The molecular formula is C4H8O2. The minimum absolute atomic E-state index is 0.0880. The predicted octanol–water partition coefficient (Wildman–Crippen LogP) is -0.234. The summed E-state index contributed by atoms with van der Waals surface area (Å²) < 4.78 is 4.79. The molecule has 0 aromatic heterocycles. The van der Waals surface area contributed by atoms with Crippen molar-refractivity contribution < 1.29 is 9.84 Å². The maximum absolute atomic E-state index is 8.59. The molecule has 0 saturated carbocycles. The molecule has 1 fully saturated rings. The SMILES string of the molecule is CC1OC[C@@H]1O. The monoisotopic (exact) mass is 88.1 g/mol. The van der Waals surface area contributed by atoms with Crippen LogP contribution in [0.4, 0.5) is 0 Å². The summed E-state index contributed by atoms with van der Waals surface area (Å²) in [6.07, 6.45) is -0.102. The van der Waals surface area contributed by atoms with Gasteiger partial charge in [-0.15, -0.1) is 0 Å². The lowest BCUT2D eigenvalue weighted by molar-refractivity contribution is -0.152. The van der Waals surface area contributed by atoms with Crippen LogP contribution in [0.1, 0.15) is 6.92 Å². The third-order valence-corrected chi connectivity index (χ3v) is 1.07. The van der Waals surface area contributed by atoms with Crippen molar-refractivity contribution in [3.8, 4) is 0 Å². The lowest BCUT2D eigenvalue weighted by Crippen LogP contribution is -2.42. The molecule has 1 unspecified atom stereocenters. The first kappa shape index (κ1) is 4.09. The third-order valence-electron chi connectivity index (χ3n) is 1.07. The zero-order valence-corrected chi connectivity index (χ0v) is 3.72. The zero-order chi connectivity index (χ0) is 4.57. The Bertz CT molecular complexity index is 45.5.